The fourth-order valence-electron chi connectivity index (χ4n) is 1.20. The summed E-state index contributed by atoms with van der Waals surface area (Å²) in [5.74, 6) is 0. The maximum atomic E-state index is 5.49. The van der Waals surface area contributed by atoms with Crippen molar-refractivity contribution in [2.24, 2.45) is 5.73 Å². The van der Waals surface area contributed by atoms with Crippen LogP contribution in [0.5, 0.6) is 0 Å². The highest BCUT2D eigenvalue weighted by molar-refractivity contribution is 9.09. The van der Waals surface area contributed by atoms with Gasteiger partial charge in [-0.3, -0.25) is 0 Å². The minimum atomic E-state index is 0.714. The van der Waals surface area contributed by atoms with Gasteiger partial charge in [0, 0.05) is 5.33 Å². The number of halogens is 1. The van der Waals surface area contributed by atoms with Crippen LogP contribution in [0.2, 0.25) is 0 Å². The van der Waals surface area contributed by atoms with E-state index in [0.717, 1.165) is 11.8 Å². The molecule has 0 saturated carbocycles. The van der Waals surface area contributed by atoms with E-state index in [1.54, 1.807) is 0 Å². The zero-order valence-electron chi connectivity index (χ0n) is 7.54. The van der Waals surface area contributed by atoms with Gasteiger partial charge in [0.25, 0.3) is 0 Å². The molecule has 0 aromatic heterocycles. The van der Waals surface area contributed by atoms with Gasteiger partial charge in [-0.15, -0.1) is 0 Å². The average Bonchev–Trinajstić information content (AvgIpc) is 2.16. The molecule has 0 heterocycles. The Morgan fingerprint density at radius 2 is 2.23 bits per heavy atom. The molecular formula is C11H14BrN. The van der Waals surface area contributed by atoms with Crippen molar-refractivity contribution in [2.75, 3.05) is 11.9 Å². The second-order valence-electron chi connectivity index (χ2n) is 2.84. The van der Waals surface area contributed by atoms with Crippen molar-refractivity contribution in [3.05, 3.63) is 41.5 Å². The first kappa shape index (κ1) is 10.5. The Hall–Kier alpha value is -0.600. The molecule has 0 aliphatic carbocycles. The van der Waals surface area contributed by atoms with E-state index in [1.807, 2.05) is 0 Å². The lowest BCUT2D eigenvalue weighted by Gasteiger charge is -1.99. The van der Waals surface area contributed by atoms with E-state index >= 15 is 0 Å². The van der Waals surface area contributed by atoms with Gasteiger partial charge in [-0.05, 0) is 24.1 Å². The average molecular weight is 240 g/mol. The third-order valence-corrected chi connectivity index (χ3v) is 2.16. The molecule has 0 fully saturated rings. The fourth-order valence-corrected chi connectivity index (χ4v) is 1.39. The smallest absolute Gasteiger partial charge is 0.0215 e. The van der Waals surface area contributed by atoms with Gasteiger partial charge in [0.15, 0.2) is 0 Å². The van der Waals surface area contributed by atoms with Crippen LogP contribution in [0.1, 0.15) is 11.1 Å². The summed E-state index contributed by atoms with van der Waals surface area (Å²) in [5, 5.41) is 0.897. The zero-order valence-corrected chi connectivity index (χ0v) is 9.13. The number of nitrogens with two attached hydrogens (primary N) is 1. The van der Waals surface area contributed by atoms with E-state index in [1.165, 1.54) is 11.1 Å². The van der Waals surface area contributed by atoms with Crippen molar-refractivity contribution < 1.29 is 0 Å². The fraction of sp³-hybridized carbons (Fsp3) is 0.273. The minimum absolute atomic E-state index is 0.714. The molecule has 13 heavy (non-hydrogen) atoms. The second-order valence-corrected chi connectivity index (χ2v) is 3.49. The Balaban J connectivity index is 2.73. The number of allylic oxidation sites excluding steroid dienone is 1. The van der Waals surface area contributed by atoms with Gasteiger partial charge in [-0.1, -0.05) is 52.3 Å². The second kappa shape index (κ2) is 5.95. The van der Waals surface area contributed by atoms with Crippen molar-refractivity contribution in [1.82, 2.24) is 0 Å². The molecule has 1 rings (SSSR count). The maximum Gasteiger partial charge on any atom is 0.0215 e. The molecule has 0 atom stereocenters. The summed E-state index contributed by atoms with van der Waals surface area (Å²) in [4.78, 5) is 0. The maximum absolute atomic E-state index is 5.49. The van der Waals surface area contributed by atoms with Crippen LogP contribution < -0.4 is 5.73 Å². The van der Waals surface area contributed by atoms with Gasteiger partial charge in [0.2, 0.25) is 0 Å². The van der Waals surface area contributed by atoms with Crippen LogP contribution in [0.25, 0.3) is 6.08 Å². The minimum Gasteiger partial charge on any atom is -0.330 e. The summed E-state index contributed by atoms with van der Waals surface area (Å²) in [6.07, 6.45) is 5.15. The van der Waals surface area contributed by atoms with Crippen molar-refractivity contribution in [3.8, 4) is 0 Å². The van der Waals surface area contributed by atoms with Crippen LogP contribution in [0.4, 0.5) is 0 Å². The Morgan fingerprint density at radius 3 is 2.92 bits per heavy atom. The quantitative estimate of drug-likeness (QED) is 0.804. The molecule has 2 N–H and O–H groups in total. The van der Waals surface area contributed by atoms with Gasteiger partial charge >= 0.3 is 0 Å². The molecule has 0 amide bonds. The molecule has 0 aliphatic heterocycles. The Bertz CT molecular complexity index is 281. The van der Waals surface area contributed by atoms with Crippen LogP contribution in [0, 0.1) is 0 Å². The van der Waals surface area contributed by atoms with Gasteiger partial charge in [-0.25, -0.2) is 0 Å². The van der Waals surface area contributed by atoms with Crippen LogP contribution in [0.3, 0.4) is 0 Å². The first-order valence-electron chi connectivity index (χ1n) is 4.38. The Labute approximate surface area is 87.8 Å². The molecule has 0 aliphatic rings. The number of benzene rings is 1. The molecule has 1 nitrogen and oxygen atoms in total. The molecule has 0 spiro atoms. The van der Waals surface area contributed by atoms with Crippen LogP contribution >= 0.6 is 15.9 Å². The number of hydrogen-bond donors (Lipinski definition) is 1. The van der Waals surface area contributed by atoms with E-state index in [0.29, 0.717) is 6.54 Å². The molecule has 70 valence electrons. The molecule has 1 aromatic rings. The molecule has 0 radical (unpaired) electrons. The number of alkyl halides is 1. The normalized spacial score (nSPS) is 10.9. The third-order valence-electron chi connectivity index (χ3n) is 1.78. The van der Waals surface area contributed by atoms with Crippen molar-refractivity contribution in [2.45, 2.75) is 6.42 Å². The van der Waals surface area contributed by atoms with Crippen LogP contribution in [-0.4, -0.2) is 11.9 Å². The summed E-state index contributed by atoms with van der Waals surface area (Å²) < 4.78 is 0. The molecule has 0 unspecified atom stereocenters. The van der Waals surface area contributed by atoms with Crippen molar-refractivity contribution in [3.63, 3.8) is 0 Å². The lowest BCUT2D eigenvalue weighted by Crippen LogP contribution is -2.02. The van der Waals surface area contributed by atoms with Gasteiger partial charge in [-0.2, -0.15) is 0 Å². The first-order chi connectivity index (χ1) is 6.36. The lowest BCUT2D eigenvalue weighted by atomic mass is 10.1. The summed E-state index contributed by atoms with van der Waals surface area (Å²) >= 11 is 3.35. The van der Waals surface area contributed by atoms with E-state index in [9.17, 15) is 0 Å². The molecule has 1 aromatic carbocycles. The van der Waals surface area contributed by atoms with Crippen molar-refractivity contribution >= 4 is 22.0 Å². The standard InChI is InChI=1S/C11H14BrN/c12-7-2-5-10-3-1-4-11(9-10)6-8-13/h1-5,9H,6-8,13H2. The van der Waals surface area contributed by atoms with Gasteiger partial charge < -0.3 is 5.73 Å². The molecule has 2 heteroatoms. The monoisotopic (exact) mass is 239 g/mol. The lowest BCUT2D eigenvalue weighted by molar-refractivity contribution is 0.968. The van der Waals surface area contributed by atoms with E-state index in [-0.39, 0.29) is 0 Å². The summed E-state index contributed by atoms with van der Waals surface area (Å²) in [6, 6.07) is 8.45. The number of hydrogen-bond acceptors (Lipinski definition) is 1. The predicted molar refractivity (Wildman–Crippen MR) is 62.0 cm³/mol. The van der Waals surface area contributed by atoms with Crippen LogP contribution in [-0.2, 0) is 6.42 Å². The third kappa shape index (κ3) is 3.75. The van der Waals surface area contributed by atoms with Gasteiger partial charge in [0.05, 0.1) is 0 Å². The Morgan fingerprint density at radius 1 is 1.38 bits per heavy atom. The molecule has 0 bridgehead atoms. The summed E-state index contributed by atoms with van der Waals surface area (Å²) in [7, 11) is 0. The zero-order chi connectivity index (χ0) is 9.52. The highest BCUT2D eigenvalue weighted by Gasteiger charge is 1.91. The Kier molecular flexibility index (Phi) is 4.79. The van der Waals surface area contributed by atoms with Crippen LogP contribution in [0.15, 0.2) is 30.3 Å². The highest BCUT2D eigenvalue weighted by Crippen LogP contribution is 2.07. The molecule has 0 saturated heterocycles. The molecular weight excluding hydrogens is 226 g/mol. The first-order valence-corrected chi connectivity index (χ1v) is 5.50. The highest BCUT2D eigenvalue weighted by atomic mass is 79.9. The summed E-state index contributed by atoms with van der Waals surface area (Å²) in [5.41, 5.74) is 8.03. The topological polar surface area (TPSA) is 26.0 Å². The largest absolute Gasteiger partial charge is 0.330 e. The predicted octanol–water partition coefficient (Wildman–Crippen LogP) is 2.60. The van der Waals surface area contributed by atoms with Gasteiger partial charge in [0.1, 0.15) is 0 Å². The van der Waals surface area contributed by atoms with E-state index in [2.05, 4.69) is 52.3 Å². The van der Waals surface area contributed by atoms with E-state index in [4.69, 9.17) is 5.73 Å². The van der Waals surface area contributed by atoms with E-state index < -0.39 is 0 Å². The SMILES string of the molecule is NCCc1cccc(C=CCBr)c1. The van der Waals surface area contributed by atoms with Crippen molar-refractivity contribution in [1.29, 1.82) is 0 Å². The number of rotatable bonds is 4. The summed E-state index contributed by atoms with van der Waals surface area (Å²) in [6.45, 7) is 0.714.